The highest BCUT2D eigenvalue weighted by molar-refractivity contribution is 9.10. The van der Waals surface area contributed by atoms with Crippen LogP contribution in [0, 0.1) is 5.92 Å². The Kier molecular flexibility index (Phi) is 3.47. The first-order chi connectivity index (χ1) is 8.15. The summed E-state index contributed by atoms with van der Waals surface area (Å²) >= 11 is 3.26. The van der Waals surface area contributed by atoms with Crippen molar-refractivity contribution in [2.75, 3.05) is 7.11 Å². The molecular weight excluding hydrogens is 288 g/mol. The van der Waals surface area contributed by atoms with Crippen molar-refractivity contribution in [1.29, 1.82) is 0 Å². The Morgan fingerprint density at radius 1 is 1.47 bits per heavy atom. The molecule has 0 N–H and O–H groups in total. The second kappa shape index (κ2) is 4.87. The summed E-state index contributed by atoms with van der Waals surface area (Å²) in [4.78, 5) is 22.3. The number of benzene rings is 1. The molecule has 0 atom stereocenters. The van der Waals surface area contributed by atoms with Crippen LogP contribution in [0.15, 0.2) is 16.6 Å². The Labute approximate surface area is 107 Å². The average molecular weight is 299 g/mol. The minimum Gasteiger partial charge on any atom is -0.493 e. The molecule has 0 radical (unpaired) electrons. The Morgan fingerprint density at radius 2 is 2.18 bits per heavy atom. The van der Waals surface area contributed by atoms with Crippen LogP contribution in [0.5, 0.6) is 11.5 Å². The standard InChI is InChI=1S/C12H11BrO4/c1-16-10-5-7(6-14)4-9(13)11(10)17-12(15)8-2-3-8/h4-6,8H,2-3H2,1H3. The van der Waals surface area contributed by atoms with Gasteiger partial charge in [-0.2, -0.15) is 0 Å². The van der Waals surface area contributed by atoms with Crippen LogP contribution in [-0.2, 0) is 4.79 Å². The highest BCUT2D eigenvalue weighted by Crippen LogP contribution is 2.39. The van der Waals surface area contributed by atoms with E-state index in [2.05, 4.69) is 15.9 Å². The van der Waals surface area contributed by atoms with Crippen molar-refractivity contribution < 1.29 is 19.1 Å². The van der Waals surface area contributed by atoms with Gasteiger partial charge in [-0.15, -0.1) is 0 Å². The molecule has 0 unspecified atom stereocenters. The van der Waals surface area contributed by atoms with Crippen LogP contribution < -0.4 is 9.47 Å². The molecule has 1 aliphatic rings. The first-order valence-electron chi connectivity index (χ1n) is 5.20. The average Bonchev–Trinajstić information content (AvgIpc) is 3.15. The SMILES string of the molecule is COc1cc(C=O)cc(Br)c1OC(=O)C1CC1. The van der Waals surface area contributed by atoms with Gasteiger partial charge >= 0.3 is 5.97 Å². The molecule has 0 aromatic heterocycles. The van der Waals surface area contributed by atoms with Crippen LogP contribution >= 0.6 is 15.9 Å². The van der Waals surface area contributed by atoms with Crippen LogP contribution in [0.25, 0.3) is 0 Å². The number of aldehydes is 1. The largest absolute Gasteiger partial charge is 0.493 e. The fraction of sp³-hybridized carbons (Fsp3) is 0.333. The zero-order chi connectivity index (χ0) is 12.4. The van der Waals surface area contributed by atoms with Crippen LogP contribution in [0.4, 0.5) is 0 Å². The van der Waals surface area contributed by atoms with Gasteiger partial charge < -0.3 is 9.47 Å². The molecule has 1 fully saturated rings. The molecule has 1 aromatic rings. The number of hydrogen-bond acceptors (Lipinski definition) is 4. The molecule has 0 spiro atoms. The zero-order valence-corrected chi connectivity index (χ0v) is 10.8. The first-order valence-corrected chi connectivity index (χ1v) is 5.99. The molecule has 1 aromatic carbocycles. The summed E-state index contributed by atoms with van der Waals surface area (Å²) in [7, 11) is 1.46. The molecule has 5 heteroatoms. The summed E-state index contributed by atoms with van der Waals surface area (Å²) in [6.07, 6.45) is 2.47. The van der Waals surface area contributed by atoms with E-state index in [1.165, 1.54) is 13.2 Å². The summed E-state index contributed by atoms with van der Waals surface area (Å²) in [6.45, 7) is 0. The predicted molar refractivity (Wildman–Crippen MR) is 64.4 cm³/mol. The van der Waals surface area contributed by atoms with Crippen LogP contribution in [-0.4, -0.2) is 19.4 Å². The third-order valence-electron chi connectivity index (χ3n) is 2.50. The third kappa shape index (κ3) is 2.66. The molecule has 17 heavy (non-hydrogen) atoms. The second-order valence-corrected chi connectivity index (χ2v) is 4.70. The Balaban J connectivity index is 2.30. The Hall–Kier alpha value is -1.36. The van der Waals surface area contributed by atoms with E-state index in [4.69, 9.17) is 9.47 Å². The number of ether oxygens (including phenoxy) is 2. The Morgan fingerprint density at radius 3 is 2.71 bits per heavy atom. The molecular formula is C12H11BrO4. The van der Waals surface area contributed by atoms with E-state index in [1.807, 2.05) is 0 Å². The summed E-state index contributed by atoms with van der Waals surface area (Å²) in [5, 5.41) is 0. The topological polar surface area (TPSA) is 52.6 Å². The Bertz CT molecular complexity index is 466. The molecule has 4 nitrogen and oxygen atoms in total. The van der Waals surface area contributed by atoms with E-state index in [1.54, 1.807) is 6.07 Å². The fourth-order valence-corrected chi connectivity index (χ4v) is 1.95. The molecule has 0 heterocycles. The number of methoxy groups -OCH3 is 1. The van der Waals surface area contributed by atoms with E-state index >= 15 is 0 Å². The van der Waals surface area contributed by atoms with Gasteiger partial charge in [0.1, 0.15) is 6.29 Å². The van der Waals surface area contributed by atoms with Crippen molar-refractivity contribution in [3.63, 3.8) is 0 Å². The maximum atomic E-state index is 11.6. The van der Waals surface area contributed by atoms with E-state index in [9.17, 15) is 9.59 Å². The van der Waals surface area contributed by atoms with Crippen molar-refractivity contribution in [3.8, 4) is 11.5 Å². The van der Waals surface area contributed by atoms with E-state index in [-0.39, 0.29) is 11.9 Å². The maximum Gasteiger partial charge on any atom is 0.314 e. The van der Waals surface area contributed by atoms with Gasteiger partial charge in [0.05, 0.1) is 17.5 Å². The lowest BCUT2D eigenvalue weighted by molar-refractivity contribution is -0.135. The predicted octanol–water partition coefficient (Wildman–Crippen LogP) is 2.59. The van der Waals surface area contributed by atoms with Gasteiger partial charge in [0.15, 0.2) is 11.5 Å². The van der Waals surface area contributed by atoms with E-state index in [0.29, 0.717) is 27.8 Å². The van der Waals surface area contributed by atoms with Gasteiger partial charge in [-0.25, -0.2) is 0 Å². The maximum absolute atomic E-state index is 11.6. The highest BCUT2D eigenvalue weighted by atomic mass is 79.9. The summed E-state index contributed by atoms with van der Waals surface area (Å²) in [5.74, 6) is 0.464. The molecule has 0 amide bonds. The van der Waals surface area contributed by atoms with Gasteiger partial charge in [0, 0.05) is 5.56 Å². The number of carbonyl (C=O) groups is 2. The molecule has 1 aliphatic carbocycles. The number of hydrogen-bond donors (Lipinski definition) is 0. The van der Waals surface area contributed by atoms with E-state index in [0.717, 1.165) is 12.8 Å². The summed E-state index contributed by atoms with van der Waals surface area (Å²) < 4.78 is 10.9. The molecule has 2 rings (SSSR count). The van der Waals surface area contributed by atoms with Crippen LogP contribution in [0.2, 0.25) is 0 Å². The molecule has 1 saturated carbocycles. The van der Waals surface area contributed by atoms with Gasteiger partial charge in [-0.3, -0.25) is 9.59 Å². The van der Waals surface area contributed by atoms with E-state index < -0.39 is 0 Å². The quantitative estimate of drug-likeness (QED) is 0.487. The lowest BCUT2D eigenvalue weighted by Gasteiger charge is -2.11. The lowest BCUT2D eigenvalue weighted by atomic mass is 10.2. The molecule has 0 aliphatic heterocycles. The molecule has 90 valence electrons. The van der Waals surface area contributed by atoms with Crippen LogP contribution in [0.3, 0.4) is 0 Å². The minimum atomic E-state index is -0.247. The second-order valence-electron chi connectivity index (χ2n) is 3.85. The number of esters is 1. The number of halogens is 1. The van der Waals surface area contributed by atoms with Gasteiger partial charge in [-0.1, -0.05) is 0 Å². The molecule has 0 bridgehead atoms. The van der Waals surface area contributed by atoms with Crippen molar-refractivity contribution in [1.82, 2.24) is 0 Å². The minimum absolute atomic E-state index is 0.0114. The number of carbonyl (C=O) groups excluding carboxylic acids is 2. The van der Waals surface area contributed by atoms with Crippen molar-refractivity contribution in [2.24, 2.45) is 5.92 Å². The summed E-state index contributed by atoms with van der Waals surface area (Å²) in [5.41, 5.74) is 0.458. The van der Waals surface area contributed by atoms with Crippen molar-refractivity contribution in [2.45, 2.75) is 12.8 Å². The highest BCUT2D eigenvalue weighted by Gasteiger charge is 2.32. The molecule has 0 saturated heterocycles. The zero-order valence-electron chi connectivity index (χ0n) is 9.23. The monoisotopic (exact) mass is 298 g/mol. The third-order valence-corrected chi connectivity index (χ3v) is 3.09. The van der Waals surface area contributed by atoms with Crippen molar-refractivity contribution in [3.05, 3.63) is 22.2 Å². The van der Waals surface area contributed by atoms with Crippen LogP contribution in [0.1, 0.15) is 23.2 Å². The van der Waals surface area contributed by atoms with Gasteiger partial charge in [-0.05, 0) is 40.9 Å². The summed E-state index contributed by atoms with van der Waals surface area (Å²) in [6, 6.07) is 3.12. The normalized spacial score (nSPS) is 14.2. The number of rotatable bonds is 4. The van der Waals surface area contributed by atoms with Gasteiger partial charge in [0.2, 0.25) is 0 Å². The van der Waals surface area contributed by atoms with Crippen molar-refractivity contribution >= 4 is 28.2 Å². The lowest BCUT2D eigenvalue weighted by Crippen LogP contribution is -2.11. The fourth-order valence-electron chi connectivity index (χ4n) is 1.41. The van der Waals surface area contributed by atoms with Gasteiger partial charge in [0.25, 0.3) is 0 Å². The smallest absolute Gasteiger partial charge is 0.314 e. The first kappa shape index (κ1) is 12.1.